The van der Waals surface area contributed by atoms with Gasteiger partial charge >= 0.3 is 0 Å². The van der Waals surface area contributed by atoms with Crippen LogP contribution in [0.4, 0.5) is 11.4 Å². The molecular weight excluding hydrogens is 376 g/mol. The van der Waals surface area contributed by atoms with Crippen LogP contribution >= 0.6 is 0 Å². The van der Waals surface area contributed by atoms with E-state index in [0.717, 1.165) is 41.0 Å². The average molecular weight is 398 g/mol. The summed E-state index contributed by atoms with van der Waals surface area (Å²) in [6.07, 6.45) is 6.39. The summed E-state index contributed by atoms with van der Waals surface area (Å²) in [5.74, 6) is -0.270. The van der Waals surface area contributed by atoms with Crippen LogP contribution in [-0.2, 0) is 11.2 Å². The molecule has 5 rings (SSSR count). The molecule has 0 bridgehead atoms. The van der Waals surface area contributed by atoms with Gasteiger partial charge in [-0.1, -0.05) is 36.4 Å². The number of primary amides is 1. The van der Waals surface area contributed by atoms with E-state index in [0.29, 0.717) is 12.0 Å². The van der Waals surface area contributed by atoms with Gasteiger partial charge in [-0.05, 0) is 47.4 Å². The van der Waals surface area contributed by atoms with Gasteiger partial charge in [0, 0.05) is 36.6 Å². The Morgan fingerprint density at radius 1 is 1.07 bits per heavy atom. The fourth-order valence-electron chi connectivity index (χ4n) is 3.84. The minimum absolute atomic E-state index is 0.172. The van der Waals surface area contributed by atoms with E-state index in [2.05, 4.69) is 17.1 Å². The van der Waals surface area contributed by atoms with Gasteiger partial charge in [0.25, 0.3) is 0 Å². The summed E-state index contributed by atoms with van der Waals surface area (Å²) in [5, 5.41) is 0. The Morgan fingerprint density at radius 2 is 1.87 bits per heavy atom. The van der Waals surface area contributed by atoms with Crippen molar-refractivity contribution >= 4 is 28.8 Å². The molecule has 0 atom stereocenters. The van der Waals surface area contributed by atoms with E-state index < -0.39 is 5.91 Å². The second-order valence-electron chi connectivity index (χ2n) is 7.17. The molecule has 6 heteroatoms. The average Bonchev–Trinajstić information content (AvgIpc) is 3.13. The molecule has 6 nitrogen and oxygen atoms in total. The molecule has 2 aliphatic heterocycles. The van der Waals surface area contributed by atoms with Crippen LogP contribution in [0, 0.1) is 0 Å². The van der Waals surface area contributed by atoms with Crippen molar-refractivity contribution in [3.63, 3.8) is 0 Å². The number of hydrogen-bond acceptors (Lipinski definition) is 4. The summed E-state index contributed by atoms with van der Waals surface area (Å²) in [5.41, 5.74) is 17.8. The number of rotatable bonds is 2. The molecule has 30 heavy (non-hydrogen) atoms. The number of nitrogens with two attached hydrogens (primary N) is 2. The van der Waals surface area contributed by atoms with Gasteiger partial charge in [0.15, 0.2) is 0 Å². The monoisotopic (exact) mass is 398 g/mol. The van der Waals surface area contributed by atoms with Crippen molar-refractivity contribution < 1.29 is 9.59 Å². The number of benzene rings is 2. The molecule has 0 radical (unpaired) electrons. The standard InChI is InChI=1S/C18H16N2O.C6H6N2O/c19-14-10-13-8-9-20-17(21)7-6-15(16(11-14)18(13)20)12-4-2-1-3-5-12;7-6(9)5-2-1-3-8-4-5/h1-6,10-11H,7-9,19H2;1-4H,(H2,7,9). The summed E-state index contributed by atoms with van der Waals surface area (Å²) in [4.78, 5) is 28.4. The van der Waals surface area contributed by atoms with Crippen LogP contribution in [0.1, 0.15) is 33.5 Å². The predicted octanol–water partition coefficient (Wildman–Crippen LogP) is 3.17. The molecule has 3 aromatic rings. The van der Waals surface area contributed by atoms with Crippen molar-refractivity contribution in [2.75, 3.05) is 17.2 Å². The number of pyridine rings is 1. The third-order valence-electron chi connectivity index (χ3n) is 5.19. The van der Waals surface area contributed by atoms with Gasteiger partial charge in [-0.3, -0.25) is 14.6 Å². The van der Waals surface area contributed by atoms with Gasteiger partial charge in [0.05, 0.1) is 11.3 Å². The number of nitrogens with zero attached hydrogens (tertiary/aromatic N) is 2. The van der Waals surface area contributed by atoms with E-state index in [9.17, 15) is 9.59 Å². The number of anilines is 2. The largest absolute Gasteiger partial charge is 0.399 e. The Balaban J connectivity index is 0.000000204. The first-order valence-electron chi connectivity index (χ1n) is 9.73. The van der Waals surface area contributed by atoms with Crippen LogP contribution in [0.3, 0.4) is 0 Å². The van der Waals surface area contributed by atoms with Crippen LogP contribution in [0.2, 0.25) is 0 Å². The molecule has 0 aliphatic carbocycles. The summed E-state index contributed by atoms with van der Waals surface area (Å²) < 4.78 is 0. The molecule has 150 valence electrons. The quantitative estimate of drug-likeness (QED) is 0.647. The minimum Gasteiger partial charge on any atom is -0.399 e. The van der Waals surface area contributed by atoms with E-state index in [-0.39, 0.29) is 5.91 Å². The molecule has 3 heterocycles. The third-order valence-corrected chi connectivity index (χ3v) is 5.19. The van der Waals surface area contributed by atoms with Crippen molar-refractivity contribution in [2.45, 2.75) is 12.8 Å². The van der Waals surface area contributed by atoms with E-state index >= 15 is 0 Å². The maximum Gasteiger partial charge on any atom is 0.250 e. The van der Waals surface area contributed by atoms with Crippen molar-refractivity contribution in [1.29, 1.82) is 0 Å². The number of aromatic nitrogens is 1. The van der Waals surface area contributed by atoms with Crippen LogP contribution in [0.5, 0.6) is 0 Å². The number of amides is 2. The first-order chi connectivity index (χ1) is 14.5. The molecule has 0 unspecified atom stereocenters. The topological polar surface area (TPSA) is 102 Å². The Kier molecular flexibility index (Phi) is 5.30. The Hall–Kier alpha value is -3.93. The molecule has 1 aromatic heterocycles. The maximum atomic E-state index is 12.4. The lowest BCUT2D eigenvalue weighted by Gasteiger charge is -2.19. The maximum absolute atomic E-state index is 12.4. The summed E-state index contributed by atoms with van der Waals surface area (Å²) in [6.45, 7) is 0.764. The van der Waals surface area contributed by atoms with Crippen molar-refractivity contribution in [2.24, 2.45) is 5.73 Å². The fraction of sp³-hybridized carbons (Fsp3) is 0.125. The van der Waals surface area contributed by atoms with Gasteiger partial charge < -0.3 is 16.4 Å². The molecule has 0 saturated heterocycles. The highest BCUT2D eigenvalue weighted by Gasteiger charge is 2.30. The molecule has 4 N–H and O–H groups in total. The zero-order valence-corrected chi connectivity index (χ0v) is 16.4. The molecule has 2 aliphatic rings. The van der Waals surface area contributed by atoms with E-state index in [1.165, 1.54) is 11.8 Å². The van der Waals surface area contributed by atoms with Crippen molar-refractivity contribution in [1.82, 2.24) is 4.98 Å². The van der Waals surface area contributed by atoms with Crippen molar-refractivity contribution in [3.8, 4) is 0 Å². The van der Waals surface area contributed by atoms with Crippen LogP contribution in [0.25, 0.3) is 5.57 Å². The summed E-state index contributed by atoms with van der Waals surface area (Å²) in [7, 11) is 0. The number of nitrogen functional groups attached to an aromatic ring is 1. The van der Waals surface area contributed by atoms with Gasteiger partial charge in [-0.25, -0.2) is 0 Å². The smallest absolute Gasteiger partial charge is 0.250 e. The lowest BCUT2D eigenvalue weighted by molar-refractivity contribution is -0.117. The van der Waals surface area contributed by atoms with Crippen molar-refractivity contribution in [3.05, 3.63) is 95.3 Å². The molecule has 0 saturated carbocycles. The van der Waals surface area contributed by atoms with Crippen LogP contribution < -0.4 is 16.4 Å². The number of carbonyl (C=O) groups is 2. The van der Waals surface area contributed by atoms with Gasteiger partial charge in [0.1, 0.15) is 0 Å². The minimum atomic E-state index is -0.442. The highest BCUT2D eigenvalue weighted by molar-refractivity contribution is 6.05. The normalized spacial score (nSPS) is 14.2. The van der Waals surface area contributed by atoms with Gasteiger partial charge in [-0.2, -0.15) is 0 Å². The first kappa shape index (κ1) is 19.4. The lowest BCUT2D eigenvalue weighted by Crippen LogP contribution is -2.27. The summed E-state index contributed by atoms with van der Waals surface area (Å²) >= 11 is 0. The molecule has 2 amide bonds. The second kappa shape index (κ2) is 8.21. The predicted molar refractivity (Wildman–Crippen MR) is 118 cm³/mol. The molecule has 0 fully saturated rings. The number of hydrogen-bond donors (Lipinski definition) is 2. The second-order valence-corrected chi connectivity index (χ2v) is 7.17. The third kappa shape index (κ3) is 3.80. The number of carbonyl (C=O) groups excluding carboxylic acids is 2. The Morgan fingerprint density at radius 3 is 2.53 bits per heavy atom. The molecular formula is C24H22N4O2. The van der Waals surface area contributed by atoms with E-state index in [1.54, 1.807) is 18.3 Å². The Labute approximate surface area is 174 Å². The van der Waals surface area contributed by atoms with Crippen LogP contribution in [0.15, 0.2) is 73.1 Å². The zero-order valence-electron chi connectivity index (χ0n) is 16.4. The summed E-state index contributed by atoms with van der Waals surface area (Å²) in [6, 6.07) is 17.5. The Bertz CT molecular complexity index is 1120. The fourth-order valence-corrected chi connectivity index (χ4v) is 3.84. The highest BCUT2D eigenvalue weighted by atomic mass is 16.2. The highest BCUT2D eigenvalue weighted by Crippen LogP contribution is 2.42. The molecule has 0 spiro atoms. The van der Waals surface area contributed by atoms with E-state index in [4.69, 9.17) is 11.5 Å². The molecule has 2 aromatic carbocycles. The zero-order chi connectivity index (χ0) is 21.1. The first-order valence-corrected chi connectivity index (χ1v) is 9.73. The van der Waals surface area contributed by atoms with Gasteiger partial charge in [0.2, 0.25) is 11.8 Å². The van der Waals surface area contributed by atoms with E-state index in [1.807, 2.05) is 41.3 Å². The lowest BCUT2D eigenvalue weighted by atomic mass is 9.94. The SMILES string of the molecule is NC(=O)c1cccnc1.Nc1cc2c3c(c1)C(c1ccccc1)=CCC(=O)N3CC2. The van der Waals surface area contributed by atoms with Crippen LogP contribution in [-0.4, -0.2) is 23.3 Å². The van der Waals surface area contributed by atoms with Gasteiger partial charge in [-0.15, -0.1) is 0 Å².